The summed E-state index contributed by atoms with van der Waals surface area (Å²) >= 11 is 0. The molecule has 0 spiro atoms. The summed E-state index contributed by atoms with van der Waals surface area (Å²) in [5.74, 6) is 1.12. The molecule has 0 bridgehead atoms. The van der Waals surface area contributed by atoms with E-state index < -0.39 is 0 Å². The molecule has 0 heterocycles. The van der Waals surface area contributed by atoms with Gasteiger partial charge < -0.3 is 5.73 Å². The van der Waals surface area contributed by atoms with Crippen molar-refractivity contribution in [2.75, 3.05) is 0 Å². The fourth-order valence-corrected chi connectivity index (χ4v) is 7.71. The first-order valence-corrected chi connectivity index (χ1v) is 18.4. The van der Waals surface area contributed by atoms with Gasteiger partial charge in [0.05, 0.1) is 0 Å². The highest BCUT2D eigenvalue weighted by molar-refractivity contribution is 5.83. The van der Waals surface area contributed by atoms with Crippen molar-refractivity contribution in [2.45, 2.75) is 64.8 Å². The van der Waals surface area contributed by atoms with E-state index in [-0.39, 0.29) is 5.41 Å². The van der Waals surface area contributed by atoms with Crippen LogP contribution in [-0.2, 0) is 18.4 Å². The van der Waals surface area contributed by atoms with Crippen LogP contribution in [0.25, 0.3) is 27.8 Å². The van der Waals surface area contributed by atoms with Crippen LogP contribution in [0.15, 0.2) is 164 Å². The van der Waals surface area contributed by atoms with E-state index in [0.717, 1.165) is 6.42 Å². The Morgan fingerprint density at radius 3 is 1.62 bits per heavy atom. The lowest BCUT2D eigenvalue weighted by Crippen LogP contribution is -2.19. The van der Waals surface area contributed by atoms with Crippen molar-refractivity contribution in [1.29, 1.82) is 0 Å². The standard InChI is InChI=1S/C40H36.C7H9N.C2H6/c1-40(2,35-18-10-5-11-19-35)36-22-21-30-23-31-17-12-20-37(39(31)38(30)27-36)34-25-32(28-13-6-3-7-14-28)24-33(26-34)29-15-8-4-9-16-29;8-6-7-4-2-1-3-5-7;1-2/h3-11,13-16,18-22,24-27,31,39H,12,17,23H2,1-2H3;1-5H,6,8H2;1-2H3. The van der Waals surface area contributed by atoms with Crippen LogP contribution in [0.2, 0.25) is 0 Å². The normalized spacial score (nSPS) is 16.1. The molecule has 50 heavy (non-hydrogen) atoms. The Bertz CT molecular complexity index is 1930. The number of hydrogen-bond acceptors (Lipinski definition) is 1. The number of hydrogen-bond donors (Lipinski definition) is 1. The van der Waals surface area contributed by atoms with Crippen molar-refractivity contribution in [1.82, 2.24) is 0 Å². The van der Waals surface area contributed by atoms with E-state index in [4.69, 9.17) is 5.73 Å². The Kier molecular flexibility index (Phi) is 11.3. The summed E-state index contributed by atoms with van der Waals surface area (Å²) in [4.78, 5) is 0. The second-order valence-electron chi connectivity index (χ2n) is 13.8. The lowest BCUT2D eigenvalue weighted by Gasteiger charge is -2.30. The first kappa shape index (κ1) is 34.9. The van der Waals surface area contributed by atoms with Gasteiger partial charge in [0.15, 0.2) is 0 Å². The Labute approximate surface area is 300 Å². The highest BCUT2D eigenvalue weighted by Gasteiger charge is 2.38. The molecular weight excluding hydrogens is 603 g/mol. The van der Waals surface area contributed by atoms with Crippen LogP contribution in [0, 0.1) is 5.92 Å². The third kappa shape index (κ3) is 7.59. The maximum atomic E-state index is 5.35. The van der Waals surface area contributed by atoms with Crippen molar-refractivity contribution in [2.24, 2.45) is 11.7 Å². The van der Waals surface area contributed by atoms with Gasteiger partial charge in [0.1, 0.15) is 0 Å². The number of rotatable bonds is 6. The van der Waals surface area contributed by atoms with E-state index in [1.54, 1.807) is 5.56 Å². The molecule has 0 aromatic heterocycles. The summed E-state index contributed by atoms with van der Waals surface area (Å²) in [6, 6.07) is 57.2. The molecule has 0 saturated heterocycles. The summed E-state index contributed by atoms with van der Waals surface area (Å²) < 4.78 is 0. The van der Waals surface area contributed by atoms with Gasteiger partial charge in [-0.2, -0.15) is 0 Å². The van der Waals surface area contributed by atoms with E-state index in [1.807, 2.05) is 44.2 Å². The summed E-state index contributed by atoms with van der Waals surface area (Å²) in [6.07, 6.45) is 6.16. The van der Waals surface area contributed by atoms with Gasteiger partial charge in [0.25, 0.3) is 0 Å². The lowest BCUT2D eigenvalue weighted by molar-refractivity contribution is 0.470. The van der Waals surface area contributed by atoms with Gasteiger partial charge >= 0.3 is 0 Å². The predicted octanol–water partition coefficient (Wildman–Crippen LogP) is 12.7. The number of nitrogens with two attached hydrogens (primary N) is 1. The fraction of sp³-hybridized carbons (Fsp3) is 0.224. The topological polar surface area (TPSA) is 26.0 Å². The first-order chi connectivity index (χ1) is 24.5. The third-order valence-corrected chi connectivity index (χ3v) is 10.4. The minimum atomic E-state index is -0.0410. The highest BCUT2D eigenvalue weighted by Crippen LogP contribution is 2.52. The maximum Gasteiger partial charge on any atom is 0.0178 e. The molecule has 2 aliphatic carbocycles. The van der Waals surface area contributed by atoms with Crippen LogP contribution in [0.1, 0.15) is 79.8 Å². The molecular formula is C49H51N. The number of benzene rings is 6. The van der Waals surface area contributed by atoms with E-state index in [0.29, 0.717) is 18.4 Å². The fourth-order valence-electron chi connectivity index (χ4n) is 7.71. The van der Waals surface area contributed by atoms with Crippen molar-refractivity contribution in [3.63, 3.8) is 0 Å². The largest absolute Gasteiger partial charge is 0.326 e. The zero-order valence-corrected chi connectivity index (χ0v) is 30.1. The molecule has 2 unspecified atom stereocenters. The minimum Gasteiger partial charge on any atom is -0.326 e. The molecule has 6 aromatic carbocycles. The molecule has 0 fully saturated rings. The van der Waals surface area contributed by atoms with Crippen LogP contribution >= 0.6 is 0 Å². The zero-order valence-electron chi connectivity index (χ0n) is 30.1. The minimum absolute atomic E-state index is 0.0410. The van der Waals surface area contributed by atoms with Crippen molar-refractivity contribution in [3.8, 4) is 22.3 Å². The number of fused-ring (bicyclic) bond motifs is 3. The number of allylic oxidation sites excluding steroid dienone is 2. The molecule has 2 atom stereocenters. The highest BCUT2D eigenvalue weighted by atomic mass is 14.5. The van der Waals surface area contributed by atoms with Crippen LogP contribution in [0.3, 0.4) is 0 Å². The maximum absolute atomic E-state index is 5.35. The summed E-state index contributed by atoms with van der Waals surface area (Å²) in [7, 11) is 0. The summed E-state index contributed by atoms with van der Waals surface area (Å²) in [5, 5.41) is 0. The molecule has 0 aliphatic heterocycles. The molecule has 1 heteroatoms. The van der Waals surface area contributed by atoms with E-state index in [2.05, 4.69) is 147 Å². The van der Waals surface area contributed by atoms with Crippen molar-refractivity contribution < 1.29 is 0 Å². The molecule has 1 nitrogen and oxygen atoms in total. The van der Waals surface area contributed by atoms with E-state index >= 15 is 0 Å². The predicted molar refractivity (Wildman–Crippen MR) is 215 cm³/mol. The molecule has 2 N–H and O–H groups in total. The third-order valence-electron chi connectivity index (χ3n) is 10.4. The molecule has 0 saturated carbocycles. The zero-order chi connectivity index (χ0) is 34.9. The van der Waals surface area contributed by atoms with Crippen molar-refractivity contribution in [3.05, 3.63) is 197 Å². The van der Waals surface area contributed by atoms with Crippen LogP contribution < -0.4 is 5.73 Å². The van der Waals surface area contributed by atoms with Crippen LogP contribution in [0.4, 0.5) is 0 Å². The smallest absolute Gasteiger partial charge is 0.0178 e. The Hall–Kier alpha value is -4.98. The molecule has 0 radical (unpaired) electrons. The first-order valence-electron chi connectivity index (χ1n) is 18.4. The molecule has 0 amide bonds. The quantitative estimate of drug-likeness (QED) is 0.190. The van der Waals surface area contributed by atoms with Gasteiger partial charge in [-0.25, -0.2) is 0 Å². The van der Waals surface area contributed by atoms with Gasteiger partial charge in [-0.05, 0) is 105 Å². The molecule has 252 valence electrons. The van der Waals surface area contributed by atoms with E-state index in [9.17, 15) is 0 Å². The van der Waals surface area contributed by atoms with Crippen molar-refractivity contribution >= 4 is 5.57 Å². The van der Waals surface area contributed by atoms with Gasteiger partial charge in [0.2, 0.25) is 0 Å². The second-order valence-corrected chi connectivity index (χ2v) is 13.8. The molecule has 2 aliphatic rings. The Balaban J connectivity index is 0.000000378. The van der Waals surface area contributed by atoms with Gasteiger partial charge in [-0.1, -0.05) is 173 Å². The van der Waals surface area contributed by atoms with Gasteiger partial charge in [0, 0.05) is 17.9 Å². The molecule has 6 aromatic rings. The van der Waals surface area contributed by atoms with Crippen LogP contribution in [0.5, 0.6) is 0 Å². The lowest BCUT2D eigenvalue weighted by atomic mass is 9.73. The monoisotopic (exact) mass is 653 g/mol. The average molecular weight is 654 g/mol. The van der Waals surface area contributed by atoms with E-state index in [1.165, 1.54) is 68.5 Å². The average Bonchev–Trinajstić information content (AvgIpc) is 3.58. The second kappa shape index (κ2) is 16.2. The Morgan fingerprint density at radius 2 is 1.08 bits per heavy atom. The summed E-state index contributed by atoms with van der Waals surface area (Å²) in [5.41, 5.74) is 20.4. The SMILES string of the molecule is CC.CC(C)(c1ccccc1)c1ccc2c(c1)C1C(c3cc(-c4ccccc4)cc(-c4ccccc4)c3)=CCCC1C2.NCc1ccccc1. The van der Waals surface area contributed by atoms with Gasteiger partial charge in [-0.15, -0.1) is 0 Å². The Morgan fingerprint density at radius 1 is 0.560 bits per heavy atom. The molecule has 8 rings (SSSR count). The van der Waals surface area contributed by atoms with Crippen LogP contribution in [-0.4, -0.2) is 0 Å². The van der Waals surface area contributed by atoms with Gasteiger partial charge in [-0.3, -0.25) is 0 Å². The summed E-state index contributed by atoms with van der Waals surface area (Å²) in [6.45, 7) is 9.37.